The molecule has 0 rings (SSSR count). The zero-order chi connectivity index (χ0) is 48.5. The van der Waals surface area contributed by atoms with E-state index in [1.165, 1.54) is 212 Å². The molecule has 1 atom stereocenters. The van der Waals surface area contributed by atoms with Gasteiger partial charge >= 0.3 is 11.9 Å². The van der Waals surface area contributed by atoms with Crippen LogP contribution in [0.25, 0.3) is 0 Å². The third-order valence-electron chi connectivity index (χ3n) is 13.1. The highest BCUT2D eigenvalue weighted by Gasteiger charge is 2.16. The highest BCUT2D eigenvalue weighted by Crippen LogP contribution is 2.17. The van der Waals surface area contributed by atoms with Crippen LogP contribution in [0.15, 0.2) is 60.8 Å². The van der Waals surface area contributed by atoms with Crippen LogP contribution in [0.2, 0.25) is 0 Å². The maximum atomic E-state index is 12.3. The van der Waals surface area contributed by atoms with Gasteiger partial charge in [0.05, 0.1) is 6.61 Å². The van der Waals surface area contributed by atoms with Crippen molar-refractivity contribution in [1.29, 1.82) is 0 Å². The van der Waals surface area contributed by atoms with Gasteiger partial charge in [-0.2, -0.15) is 0 Å². The molecule has 0 aromatic carbocycles. The van der Waals surface area contributed by atoms with Gasteiger partial charge in [0.25, 0.3) is 0 Å². The fraction of sp³-hybridized carbons (Fsp3) is 0.806. The van der Waals surface area contributed by atoms with Crippen LogP contribution in [0.5, 0.6) is 0 Å². The van der Waals surface area contributed by atoms with Gasteiger partial charge < -0.3 is 14.6 Å². The van der Waals surface area contributed by atoms with Crippen molar-refractivity contribution in [2.75, 3.05) is 13.2 Å². The van der Waals surface area contributed by atoms with Crippen molar-refractivity contribution in [3.05, 3.63) is 60.8 Å². The summed E-state index contributed by atoms with van der Waals surface area (Å²) < 4.78 is 10.7. The summed E-state index contributed by atoms with van der Waals surface area (Å²) in [5.74, 6) is -0.574. The van der Waals surface area contributed by atoms with Crippen molar-refractivity contribution in [3.63, 3.8) is 0 Å². The Labute approximate surface area is 417 Å². The molecule has 0 aliphatic heterocycles. The summed E-state index contributed by atoms with van der Waals surface area (Å²) in [6, 6.07) is 0. The summed E-state index contributed by atoms with van der Waals surface area (Å²) >= 11 is 0. The van der Waals surface area contributed by atoms with Gasteiger partial charge in [-0.05, 0) is 57.8 Å². The summed E-state index contributed by atoms with van der Waals surface area (Å²) in [6.07, 6.45) is 77.8. The molecule has 1 unspecified atom stereocenters. The molecule has 1 N–H and O–H groups in total. The molecule has 5 heteroatoms. The first-order valence-electron chi connectivity index (χ1n) is 29.3. The van der Waals surface area contributed by atoms with E-state index >= 15 is 0 Å². The van der Waals surface area contributed by atoms with Crippen molar-refractivity contribution < 1.29 is 24.2 Å². The molecular formula is C62H112O5. The molecule has 390 valence electrons. The number of hydrogen-bond acceptors (Lipinski definition) is 5. The molecule has 0 aromatic heterocycles. The molecule has 0 aliphatic rings. The van der Waals surface area contributed by atoms with E-state index in [0.29, 0.717) is 12.8 Å². The van der Waals surface area contributed by atoms with E-state index in [9.17, 15) is 14.7 Å². The number of aliphatic hydroxyl groups is 1. The first-order valence-corrected chi connectivity index (χ1v) is 29.3. The summed E-state index contributed by atoms with van der Waals surface area (Å²) in [7, 11) is 0. The second-order valence-corrected chi connectivity index (χ2v) is 19.7. The first kappa shape index (κ1) is 64.6. The second-order valence-electron chi connectivity index (χ2n) is 19.7. The number of hydrogen-bond donors (Lipinski definition) is 1. The summed E-state index contributed by atoms with van der Waals surface area (Å²) in [5, 5.41) is 9.66. The predicted octanol–water partition coefficient (Wildman–Crippen LogP) is 19.8. The van der Waals surface area contributed by atoms with E-state index in [1.807, 2.05) is 0 Å². The minimum absolute atomic E-state index is 0.0613. The van der Waals surface area contributed by atoms with E-state index < -0.39 is 6.10 Å². The van der Waals surface area contributed by atoms with E-state index in [0.717, 1.165) is 64.2 Å². The number of carbonyl (C=O) groups is 2. The zero-order valence-corrected chi connectivity index (χ0v) is 44.7. The monoisotopic (exact) mass is 937 g/mol. The Kier molecular flexibility index (Phi) is 55.8. The standard InChI is InChI=1S/C62H112O5/c1-3-5-7-9-11-13-15-17-19-21-23-25-26-27-28-29-30-31-32-33-34-35-36-37-39-41-43-45-47-49-51-53-55-57-62(65)67-60(58-63)59-66-61(64)56-54-52-50-48-46-44-42-40-38-24-22-20-18-16-14-12-10-8-6-4-2/h5,7,11,13,17,19,23,25,27-28,60,63H,3-4,6,8-10,12,14-16,18,20-22,24,26,29-59H2,1-2H3/b7-5-,13-11-,19-17-,25-23-,28-27-. The number of carbonyl (C=O) groups excluding carboxylic acids is 2. The van der Waals surface area contributed by atoms with E-state index in [-0.39, 0.29) is 25.2 Å². The fourth-order valence-electron chi connectivity index (χ4n) is 8.70. The number of aliphatic hydroxyl groups excluding tert-OH is 1. The maximum Gasteiger partial charge on any atom is 0.306 e. The van der Waals surface area contributed by atoms with Crippen molar-refractivity contribution >= 4 is 11.9 Å². The number of rotatable bonds is 54. The molecule has 5 nitrogen and oxygen atoms in total. The van der Waals surface area contributed by atoms with Gasteiger partial charge in [-0.3, -0.25) is 9.59 Å². The quantitative estimate of drug-likeness (QED) is 0.0374. The lowest BCUT2D eigenvalue weighted by molar-refractivity contribution is -0.161. The number of esters is 2. The van der Waals surface area contributed by atoms with Crippen LogP contribution >= 0.6 is 0 Å². The molecule has 0 spiro atoms. The van der Waals surface area contributed by atoms with Crippen molar-refractivity contribution in [1.82, 2.24) is 0 Å². The van der Waals surface area contributed by atoms with Gasteiger partial charge in [0.2, 0.25) is 0 Å². The molecule has 0 aliphatic carbocycles. The van der Waals surface area contributed by atoms with Crippen LogP contribution in [0.4, 0.5) is 0 Å². The number of allylic oxidation sites excluding steroid dienone is 10. The van der Waals surface area contributed by atoms with E-state index in [2.05, 4.69) is 74.6 Å². The van der Waals surface area contributed by atoms with E-state index in [4.69, 9.17) is 9.47 Å². The van der Waals surface area contributed by atoms with Gasteiger partial charge in [-0.25, -0.2) is 0 Å². The third kappa shape index (κ3) is 56.1. The Morgan fingerprint density at radius 3 is 0.970 bits per heavy atom. The molecule has 0 saturated heterocycles. The predicted molar refractivity (Wildman–Crippen MR) is 293 cm³/mol. The van der Waals surface area contributed by atoms with Crippen LogP contribution in [-0.2, 0) is 19.1 Å². The highest BCUT2D eigenvalue weighted by atomic mass is 16.6. The Hall–Kier alpha value is -2.40. The van der Waals surface area contributed by atoms with Crippen LogP contribution in [-0.4, -0.2) is 36.4 Å². The van der Waals surface area contributed by atoms with Gasteiger partial charge in [-0.15, -0.1) is 0 Å². The minimum Gasteiger partial charge on any atom is -0.462 e. The molecule has 0 heterocycles. The van der Waals surface area contributed by atoms with Gasteiger partial charge in [0, 0.05) is 12.8 Å². The average Bonchev–Trinajstić information content (AvgIpc) is 3.33. The molecule has 67 heavy (non-hydrogen) atoms. The maximum absolute atomic E-state index is 12.3. The lowest BCUT2D eigenvalue weighted by Gasteiger charge is -2.15. The smallest absolute Gasteiger partial charge is 0.306 e. The van der Waals surface area contributed by atoms with Crippen LogP contribution in [0.3, 0.4) is 0 Å². The molecular weight excluding hydrogens is 825 g/mol. The van der Waals surface area contributed by atoms with E-state index in [1.54, 1.807) is 0 Å². The second kappa shape index (κ2) is 57.9. The molecule has 0 fully saturated rings. The minimum atomic E-state index is -0.770. The SMILES string of the molecule is CC/C=C\C/C=C\C/C=C\C/C=C\C/C=C\CCCCCCCCCCCCCCCCCCCC(=O)OC(CO)COC(=O)CCCCCCCCCCCCCCCCCCCCCC. The fourth-order valence-corrected chi connectivity index (χ4v) is 8.70. The Balaban J connectivity index is 3.44. The van der Waals surface area contributed by atoms with Gasteiger partial charge in [-0.1, -0.05) is 293 Å². The largest absolute Gasteiger partial charge is 0.462 e. The highest BCUT2D eigenvalue weighted by molar-refractivity contribution is 5.70. The Bertz CT molecular complexity index is 1150. The summed E-state index contributed by atoms with van der Waals surface area (Å²) in [6.45, 7) is 4.07. The number of ether oxygens (including phenoxy) is 2. The van der Waals surface area contributed by atoms with Crippen LogP contribution < -0.4 is 0 Å². The van der Waals surface area contributed by atoms with Crippen molar-refractivity contribution in [2.45, 2.75) is 309 Å². The third-order valence-corrected chi connectivity index (χ3v) is 13.1. The summed E-state index contributed by atoms with van der Waals surface area (Å²) in [4.78, 5) is 24.5. The first-order chi connectivity index (χ1) is 33.1. The Morgan fingerprint density at radius 2 is 0.642 bits per heavy atom. The molecule has 0 bridgehead atoms. The van der Waals surface area contributed by atoms with Gasteiger partial charge in [0.1, 0.15) is 6.61 Å². The average molecular weight is 938 g/mol. The topological polar surface area (TPSA) is 72.8 Å². The molecule has 0 radical (unpaired) electrons. The zero-order valence-electron chi connectivity index (χ0n) is 44.7. The van der Waals surface area contributed by atoms with Crippen LogP contribution in [0.1, 0.15) is 303 Å². The van der Waals surface area contributed by atoms with Crippen molar-refractivity contribution in [3.8, 4) is 0 Å². The number of unbranched alkanes of at least 4 members (excludes halogenated alkanes) is 36. The van der Waals surface area contributed by atoms with Crippen LogP contribution in [0, 0.1) is 0 Å². The summed E-state index contributed by atoms with van der Waals surface area (Å²) in [5.41, 5.74) is 0. The molecule has 0 amide bonds. The lowest BCUT2D eigenvalue weighted by Crippen LogP contribution is -2.28. The molecule has 0 saturated carbocycles. The van der Waals surface area contributed by atoms with Crippen molar-refractivity contribution in [2.24, 2.45) is 0 Å². The molecule has 0 aromatic rings. The lowest BCUT2D eigenvalue weighted by atomic mass is 10.0. The Morgan fingerprint density at radius 1 is 0.358 bits per heavy atom. The normalized spacial score (nSPS) is 12.6. The van der Waals surface area contributed by atoms with Gasteiger partial charge in [0.15, 0.2) is 6.10 Å².